The molecule has 2 N–H and O–H groups in total. The van der Waals surface area contributed by atoms with Crippen molar-refractivity contribution >= 4 is 15.9 Å². The second kappa shape index (κ2) is 5.43. The predicted molar refractivity (Wildman–Crippen MR) is 56.9 cm³/mol. The number of nitrogens with zero attached hydrogens (tertiary/aromatic N) is 1. The summed E-state index contributed by atoms with van der Waals surface area (Å²) in [6, 6.07) is 0. The zero-order valence-corrected chi connectivity index (χ0v) is 9.64. The van der Waals surface area contributed by atoms with E-state index in [9.17, 15) is 13.2 Å². The Labute approximate surface area is 90.1 Å². The first kappa shape index (κ1) is 12.4. The lowest BCUT2D eigenvalue weighted by molar-refractivity contribution is -0.120. The molecule has 7 heteroatoms. The van der Waals surface area contributed by atoms with Crippen LogP contribution in [0.15, 0.2) is 0 Å². The number of carbonyl (C=O) groups excluding carboxylic acids is 1. The van der Waals surface area contributed by atoms with Gasteiger partial charge < -0.3 is 10.6 Å². The van der Waals surface area contributed by atoms with Gasteiger partial charge >= 0.3 is 0 Å². The van der Waals surface area contributed by atoms with Gasteiger partial charge in [-0.05, 0) is 13.5 Å². The molecule has 0 saturated carbocycles. The highest BCUT2D eigenvalue weighted by Gasteiger charge is 2.25. The Morgan fingerprint density at radius 3 is 2.93 bits per heavy atom. The molecule has 0 spiro atoms. The molecule has 0 radical (unpaired) electrons. The smallest absolute Gasteiger partial charge is 0.235 e. The molecule has 1 saturated heterocycles. The lowest BCUT2D eigenvalue weighted by Gasteiger charge is -2.18. The number of carbonyl (C=O) groups is 1. The van der Waals surface area contributed by atoms with Gasteiger partial charge in [0.05, 0.1) is 12.3 Å². The van der Waals surface area contributed by atoms with Crippen molar-refractivity contribution in [1.29, 1.82) is 0 Å². The highest BCUT2D eigenvalue weighted by molar-refractivity contribution is 7.89. The average molecular weight is 235 g/mol. The standard InChI is InChI=1S/C8H17N3O3S/c1-9-4-6-15(13,14)11-5-2-3-10-8(12)7-11/h9H,2-7H2,1H3,(H,10,12). The molecule has 1 aliphatic rings. The van der Waals surface area contributed by atoms with E-state index < -0.39 is 10.0 Å². The van der Waals surface area contributed by atoms with Crippen molar-refractivity contribution in [1.82, 2.24) is 14.9 Å². The Balaban J connectivity index is 2.63. The molecule has 1 aliphatic heterocycles. The van der Waals surface area contributed by atoms with E-state index >= 15 is 0 Å². The minimum absolute atomic E-state index is 0.0385. The van der Waals surface area contributed by atoms with Crippen LogP contribution in [0.5, 0.6) is 0 Å². The zero-order valence-electron chi connectivity index (χ0n) is 8.82. The summed E-state index contributed by atoms with van der Waals surface area (Å²) < 4.78 is 24.8. The van der Waals surface area contributed by atoms with Crippen molar-refractivity contribution in [3.05, 3.63) is 0 Å². The first-order valence-corrected chi connectivity index (χ1v) is 6.56. The summed E-state index contributed by atoms with van der Waals surface area (Å²) in [5.74, 6) is -0.183. The summed E-state index contributed by atoms with van der Waals surface area (Å²) in [6.07, 6.45) is 0.671. The van der Waals surface area contributed by atoms with Crippen LogP contribution >= 0.6 is 0 Å². The third kappa shape index (κ3) is 3.77. The molecule has 1 amide bonds. The molecule has 15 heavy (non-hydrogen) atoms. The van der Waals surface area contributed by atoms with Crippen LogP contribution in [-0.2, 0) is 14.8 Å². The van der Waals surface area contributed by atoms with Crippen molar-refractivity contribution in [2.75, 3.05) is 39.0 Å². The van der Waals surface area contributed by atoms with E-state index in [-0.39, 0.29) is 18.2 Å². The molecule has 0 bridgehead atoms. The lowest BCUT2D eigenvalue weighted by Crippen LogP contribution is -2.40. The summed E-state index contributed by atoms with van der Waals surface area (Å²) in [5.41, 5.74) is 0. The van der Waals surface area contributed by atoms with E-state index in [4.69, 9.17) is 0 Å². The Morgan fingerprint density at radius 1 is 1.53 bits per heavy atom. The fourth-order valence-corrected chi connectivity index (χ4v) is 2.82. The maximum absolute atomic E-state index is 11.7. The van der Waals surface area contributed by atoms with Crippen LogP contribution in [0.3, 0.4) is 0 Å². The van der Waals surface area contributed by atoms with Gasteiger partial charge in [0.1, 0.15) is 0 Å². The molecule has 0 aromatic rings. The number of sulfonamides is 1. The molecule has 1 heterocycles. The second-order valence-electron chi connectivity index (χ2n) is 3.46. The third-order valence-electron chi connectivity index (χ3n) is 2.23. The van der Waals surface area contributed by atoms with Crippen molar-refractivity contribution in [2.24, 2.45) is 0 Å². The Hall–Kier alpha value is -0.660. The van der Waals surface area contributed by atoms with Crippen LogP contribution in [0.1, 0.15) is 6.42 Å². The lowest BCUT2D eigenvalue weighted by atomic mass is 10.4. The molecule has 88 valence electrons. The SMILES string of the molecule is CNCCS(=O)(=O)N1CCCNC(=O)C1. The van der Waals surface area contributed by atoms with Gasteiger partial charge in [0.25, 0.3) is 0 Å². The van der Waals surface area contributed by atoms with Crippen molar-refractivity contribution in [3.8, 4) is 0 Å². The van der Waals surface area contributed by atoms with Crippen LogP contribution in [-0.4, -0.2) is 57.6 Å². The van der Waals surface area contributed by atoms with E-state index in [1.807, 2.05) is 0 Å². The Kier molecular flexibility index (Phi) is 4.49. The monoisotopic (exact) mass is 235 g/mol. The van der Waals surface area contributed by atoms with Gasteiger partial charge in [0.15, 0.2) is 0 Å². The maximum Gasteiger partial charge on any atom is 0.235 e. The molecule has 1 rings (SSSR count). The molecular weight excluding hydrogens is 218 g/mol. The highest BCUT2D eigenvalue weighted by Crippen LogP contribution is 2.04. The largest absolute Gasteiger partial charge is 0.355 e. The van der Waals surface area contributed by atoms with Gasteiger partial charge in [0, 0.05) is 19.6 Å². The summed E-state index contributed by atoms with van der Waals surface area (Å²) in [5, 5.41) is 5.43. The number of hydrogen-bond donors (Lipinski definition) is 2. The molecule has 0 aromatic carbocycles. The first-order valence-electron chi connectivity index (χ1n) is 4.95. The second-order valence-corrected chi connectivity index (χ2v) is 5.55. The topological polar surface area (TPSA) is 78.5 Å². The molecule has 0 unspecified atom stereocenters. The summed E-state index contributed by atoms with van der Waals surface area (Å²) in [4.78, 5) is 11.2. The minimum atomic E-state index is -3.29. The van der Waals surface area contributed by atoms with E-state index in [0.29, 0.717) is 26.1 Å². The van der Waals surface area contributed by atoms with Gasteiger partial charge in [-0.1, -0.05) is 0 Å². The van der Waals surface area contributed by atoms with Gasteiger partial charge in [0.2, 0.25) is 15.9 Å². The van der Waals surface area contributed by atoms with Crippen LogP contribution in [0.25, 0.3) is 0 Å². The van der Waals surface area contributed by atoms with Crippen molar-refractivity contribution in [3.63, 3.8) is 0 Å². The first-order chi connectivity index (χ1) is 7.06. The van der Waals surface area contributed by atoms with E-state index in [0.717, 1.165) is 0 Å². The number of hydrogen-bond acceptors (Lipinski definition) is 4. The predicted octanol–water partition coefficient (Wildman–Crippen LogP) is -1.64. The van der Waals surface area contributed by atoms with Crippen LogP contribution in [0, 0.1) is 0 Å². The quantitative estimate of drug-likeness (QED) is 0.612. The maximum atomic E-state index is 11.7. The molecule has 1 fully saturated rings. The molecule has 0 aliphatic carbocycles. The fourth-order valence-electron chi connectivity index (χ4n) is 1.38. The normalized spacial score (nSPS) is 19.7. The summed E-state index contributed by atoms with van der Waals surface area (Å²) in [6.45, 7) is 1.33. The van der Waals surface area contributed by atoms with Crippen molar-refractivity contribution in [2.45, 2.75) is 6.42 Å². The molecule has 6 nitrogen and oxygen atoms in total. The van der Waals surface area contributed by atoms with Crippen LogP contribution in [0.4, 0.5) is 0 Å². The van der Waals surface area contributed by atoms with Gasteiger partial charge in [-0.3, -0.25) is 4.79 Å². The number of nitrogens with one attached hydrogen (secondary N) is 2. The molecule has 0 aromatic heterocycles. The molecule has 0 atom stereocenters. The van der Waals surface area contributed by atoms with E-state index in [1.54, 1.807) is 7.05 Å². The number of amides is 1. The Morgan fingerprint density at radius 2 is 2.27 bits per heavy atom. The Bertz CT molecular complexity index is 315. The van der Waals surface area contributed by atoms with Crippen molar-refractivity contribution < 1.29 is 13.2 Å². The van der Waals surface area contributed by atoms with Gasteiger partial charge in [-0.15, -0.1) is 0 Å². The molecular formula is C8H17N3O3S. The van der Waals surface area contributed by atoms with Crippen LogP contribution < -0.4 is 10.6 Å². The van der Waals surface area contributed by atoms with Gasteiger partial charge in [-0.2, -0.15) is 4.31 Å². The fraction of sp³-hybridized carbons (Fsp3) is 0.875. The average Bonchev–Trinajstić information content (AvgIpc) is 2.40. The summed E-state index contributed by atoms with van der Waals surface area (Å²) in [7, 11) is -1.59. The van der Waals surface area contributed by atoms with E-state index in [1.165, 1.54) is 4.31 Å². The number of rotatable bonds is 4. The highest BCUT2D eigenvalue weighted by atomic mass is 32.2. The third-order valence-corrected chi connectivity index (χ3v) is 4.05. The zero-order chi connectivity index (χ0) is 11.3. The van der Waals surface area contributed by atoms with Gasteiger partial charge in [-0.25, -0.2) is 8.42 Å². The minimum Gasteiger partial charge on any atom is -0.355 e. The summed E-state index contributed by atoms with van der Waals surface area (Å²) >= 11 is 0. The van der Waals surface area contributed by atoms with Crippen LogP contribution in [0.2, 0.25) is 0 Å². The van der Waals surface area contributed by atoms with E-state index in [2.05, 4.69) is 10.6 Å².